The maximum atomic E-state index is 12.0. The summed E-state index contributed by atoms with van der Waals surface area (Å²) >= 11 is 3.37. The Kier molecular flexibility index (Phi) is 9.49. The lowest BCUT2D eigenvalue weighted by atomic mass is 9.92. The van der Waals surface area contributed by atoms with E-state index in [1.165, 1.54) is 0 Å². The number of esters is 1. The van der Waals surface area contributed by atoms with Crippen molar-refractivity contribution in [3.05, 3.63) is 29.8 Å². The number of rotatable bonds is 9. The third-order valence-electron chi connectivity index (χ3n) is 3.78. The molecule has 0 radical (unpaired) electrons. The van der Waals surface area contributed by atoms with Gasteiger partial charge in [0.25, 0.3) is 0 Å². The molecule has 2 N–H and O–H groups in total. The Morgan fingerprint density at radius 1 is 1.15 bits per heavy atom. The molecule has 1 rings (SSSR count). The van der Waals surface area contributed by atoms with Gasteiger partial charge in [-0.2, -0.15) is 0 Å². The molecule has 0 saturated carbocycles. The molecule has 1 atom stereocenters. The van der Waals surface area contributed by atoms with Crippen molar-refractivity contribution in [3.63, 3.8) is 0 Å². The van der Waals surface area contributed by atoms with Crippen LogP contribution in [0.4, 0.5) is 5.69 Å². The largest absolute Gasteiger partial charge is 0.462 e. The summed E-state index contributed by atoms with van der Waals surface area (Å²) in [4.78, 5) is 35.5. The molecular formula is C20H29BrN2O4. The molecule has 27 heavy (non-hydrogen) atoms. The summed E-state index contributed by atoms with van der Waals surface area (Å²) in [6.07, 6.45) is 1.96. The molecule has 1 aromatic carbocycles. The number of hydrogen-bond acceptors (Lipinski definition) is 4. The molecule has 0 aromatic heterocycles. The van der Waals surface area contributed by atoms with E-state index in [1.54, 1.807) is 24.3 Å². The Morgan fingerprint density at radius 3 is 2.33 bits per heavy atom. The highest BCUT2D eigenvalue weighted by atomic mass is 79.9. The minimum atomic E-state index is -0.368. The van der Waals surface area contributed by atoms with Crippen molar-refractivity contribution in [2.24, 2.45) is 5.41 Å². The summed E-state index contributed by atoms with van der Waals surface area (Å²) < 4.78 is 5.14. The van der Waals surface area contributed by atoms with Crippen LogP contribution in [0.2, 0.25) is 0 Å². The van der Waals surface area contributed by atoms with Crippen molar-refractivity contribution in [3.8, 4) is 0 Å². The predicted molar refractivity (Wildman–Crippen MR) is 110 cm³/mol. The van der Waals surface area contributed by atoms with Crippen molar-refractivity contribution in [2.75, 3.05) is 18.5 Å². The molecule has 0 aliphatic heterocycles. The molecule has 6 nitrogen and oxygen atoms in total. The fourth-order valence-corrected chi connectivity index (χ4v) is 2.25. The summed E-state index contributed by atoms with van der Waals surface area (Å²) in [7, 11) is 0. The van der Waals surface area contributed by atoms with Crippen LogP contribution in [0, 0.1) is 5.41 Å². The van der Waals surface area contributed by atoms with Gasteiger partial charge < -0.3 is 15.4 Å². The summed E-state index contributed by atoms with van der Waals surface area (Å²) in [6.45, 7) is 8.57. The van der Waals surface area contributed by atoms with E-state index in [0.717, 1.165) is 12.8 Å². The molecule has 0 heterocycles. The Bertz CT molecular complexity index is 638. The molecule has 0 aliphatic carbocycles. The number of halogens is 1. The molecule has 0 aliphatic rings. The van der Waals surface area contributed by atoms with E-state index < -0.39 is 0 Å². The first kappa shape index (κ1) is 23.1. The fourth-order valence-electron chi connectivity index (χ4n) is 2.09. The normalized spacial score (nSPS) is 12.2. The number of alkyl halides is 1. The van der Waals surface area contributed by atoms with Crippen LogP contribution in [0.25, 0.3) is 0 Å². The van der Waals surface area contributed by atoms with E-state index in [1.807, 2.05) is 27.7 Å². The number of amides is 2. The first-order chi connectivity index (χ1) is 12.6. The van der Waals surface area contributed by atoms with Gasteiger partial charge in [0.15, 0.2) is 0 Å². The van der Waals surface area contributed by atoms with Crippen molar-refractivity contribution in [1.29, 1.82) is 0 Å². The van der Waals surface area contributed by atoms with E-state index in [4.69, 9.17) is 4.74 Å². The molecule has 0 bridgehead atoms. The van der Waals surface area contributed by atoms with Gasteiger partial charge >= 0.3 is 5.97 Å². The van der Waals surface area contributed by atoms with E-state index in [0.29, 0.717) is 17.9 Å². The van der Waals surface area contributed by atoms with Crippen LogP contribution in [-0.2, 0) is 14.3 Å². The van der Waals surface area contributed by atoms with Crippen LogP contribution in [0.15, 0.2) is 24.3 Å². The summed E-state index contributed by atoms with van der Waals surface area (Å²) in [5.74, 6) is -0.719. The van der Waals surface area contributed by atoms with Gasteiger partial charge in [-0.25, -0.2) is 4.79 Å². The van der Waals surface area contributed by atoms with E-state index in [9.17, 15) is 14.4 Å². The van der Waals surface area contributed by atoms with E-state index >= 15 is 0 Å². The second kappa shape index (κ2) is 11.1. The zero-order chi connectivity index (χ0) is 20.4. The molecule has 7 heteroatoms. The lowest BCUT2D eigenvalue weighted by Crippen LogP contribution is -2.39. The maximum Gasteiger partial charge on any atom is 0.338 e. The third kappa shape index (κ3) is 8.56. The zero-order valence-corrected chi connectivity index (χ0v) is 18.0. The summed E-state index contributed by atoms with van der Waals surface area (Å²) in [6, 6.07) is 6.54. The highest BCUT2D eigenvalue weighted by molar-refractivity contribution is 9.10. The minimum Gasteiger partial charge on any atom is -0.462 e. The molecule has 0 unspecified atom stereocenters. The molecule has 150 valence electrons. The highest BCUT2D eigenvalue weighted by Crippen LogP contribution is 2.25. The van der Waals surface area contributed by atoms with Crippen LogP contribution in [-0.4, -0.2) is 35.8 Å². The van der Waals surface area contributed by atoms with E-state index in [2.05, 4.69) is 26.6 Å². The number of carbonyl (C=O) groups excluding carboxylic acids is 3. The monoisotopic (exact) mass is 440 g/mol. The van der Waals surface area contributed by atoms with Gasteiger partial charge in [0.05, 0.1) is 17.0 Å². The maximum absolute atomic E-state index is 12.0. The number of benzene rings is 1. The average Bonchev–Trinajstić information content (AvgIpc) is 2.60. The highest BCUT2D eigenvalue weighted by Gasteiger charge is 2.28. The standard InChI is InChI=1S/C20H29BrN2O4/c1-5-6-13-27-19(26)14-7-9-15(10-8-14)23-16(24)11-12-22-18(25)17(21)20(2,3)4/h7-10,17H,5-6,11-13H2,1-4H3,(H,22,25)(H,23,24)/t17-/m1/s1. The van der Waals surface area contributed by atoms with Crippen LogP contribution >= 0.6 is 15.9 Å². The van der Waals surface area contributed by atoms with Crippen LogP contribution < -0.4 is 10.6 Å². The number of unbranched alkanes of at least 4 members (excludes halogenated alkanes) is 1. The average molecular weight is 441 g/mol. The van der Waals surface area contributed by atoms with Crippen LogP contribution in [0.5, 0.6) is 0 Å². The van der Waals surface area contributed by atoms with Gasteiger partial charge in [-0.1, -0.05) is 50.0 Å². The van der Waals surface area contributed by atoms with Gasteiger partial charge in [0.2, 0.25) is 11.8 Å². The number of ether oxygens (including phenoxy) is 1. The van der Waals surface area contributed by atoms with Gasteiger partial charge in [-0.3, -0.25) is 9.59 Å². The summed E-state index contributed by atoms with van der Waals surface area (Å²) in [5.41, 5.74) is 0.831. The molecule has 0 fully saturated rings. The molecule has 0 saturated heterocycles. The Balaban J connectivity index is 2.40. The topological polar surface area (TPSA) is 84.5 Å². The summed E-state index contributed by atoms with van der Waals surface area (Å²) in [5, 5.41) is 5.49. The number of anilines is 1. The van der Waals surface area contributed by atoms with Gasteiger partial charge in [0.1, 0.15) is 0 Å². The van der Waals surface area contributed by atoms with Crippen molar-refractivity contribution in [2.45, 2.75) is 51.8 Å². The van der Waals surface area contributed by atoms with Crippen molar-refractivity contribution < 1.29 is 19.1 Å². The molecular weight excluding hydrogens is 412 g/mol. The van der Waals surface area contributed by atoms with Gasteiger partial charge in [-0.15, -0.1) is 0 Å². The van der Waals surface area contributed by atoms with Gasteiger partial charge in [0, 0.05) is 18.7 Å². The second-order valence-corrected chi connectivity index (χ2v) is 8.30. The predicted octanol–water partition coefficient (Wildman–Crippen LogP) is 3.90. The van der Waals surface area contributed by atoms with Crippen LogP contribution in [0.1, 0.15) is 57.3 Å². The molecule has 2 amide bonds. The molecule has 1 aromatic rings. The fraction of sp³-hybridized carbons (Fsp3) is 0.550. The number of carbonyl (C=O) groups is 3. The number of nitrogens with one attached hydrogen (secondary N) is 2. The Labute approximate surface area is 169 Å². The second-order valence-electron chi connectivity index (χ2n) is 7.38. The molecule has 0 spiro atoms. The smallest absolute Gasteiger partial charge is 0.338 e. The lowest BCUT2D eigenvalue weighted by Gasteiger charge is -2.24. The van der Waals surface area contributed by atoms with Crippen molar-refractivity contribution >= 4 is 39.4 Å². The quantitative estimate of drug-likeness (QED) is 0.346. The Hall–Kier alpha value is -1.89. The van der Waals surface area contributed by atoms with Crippen molar-refractivity contribution in [1.82, 2.24) is 5.32 Å². The van der Waals surface area contributed by atoms with Crippen LogP contribution in [0.3, 0.4) is 0 Å². The number of hydrogen-bond donors (Lipinski definition) is 2. The third-order valence-corrected chi connectivity index (χ3v) is 5.57. The van der Waals surface area contributed by atoms with Gasteiger partial charge in [-0.05, 0) is 36.1 Å². The minimum absolute atomic E-state index is 0.138. The lowest BCUT2D eigenvalue weighted by molar-refractivity contribution is -0.122. The SMILES string of the molecule is CCCCOC(=O)c1ccc(NC(=O)CCNC(=O)[C@@H](Br)C(C)(C)C)cc1. The Morgan fingerprint density at radius 2 is 1.78 bits per heavy atom. The first-order valence-corrected chi connectivity index (χ1v) is 10.1. The van der Waals surface area contributed by atoms with E-state index in [-0.39, 0.29) is 41.0 Å². The zero-order valence-electron chi connectivity index (χ0n) is 16.4. The first-order valence-electron chi connectivity index (χ1n) is 9.14.